The summed E-state index contributed by atoms with van der Waals surface area (Å²) in [4.78, 5) is 2.45. The van der Waals surface area contributed by atoms with Gasteiger partial charge in [-0.05, 0) is 126 Å². The van der Waals surface area contributed by atoms with Crippen LogP contribution >= 0.6 is 0 Å². The van der Waals surface area contributed by atoms with Crippen molar-refractivity contribution in [2.75, 3.05) is 4.90 Å². The molecule has 0 atom stereocenters. The molecule has 324 valence electrons. The molecule has 0 radical (unpaired) electrons. The van der Waals surface area contributed by atoms with E-state index in [1.165, 1.54) is 77.9 Å². The summed E-state index contributed by atoms with van der Waals surface area (Å²) < 4.78 is 6.64. The number of nitrogens with zero attached hydrogens (tertiary/aromatic N) is 1. The van der Waals surface area contributed by atoms with E-state index in [1.54, 1.807) is 0 Å². The molecule has 0 bridgehead atoms. The molecule has 0 N–H and O–H groups in total. The van der Waals surface area contributed by atoms with Crippen LogP contribution in [-0.4, -0.2) is 0 Å². The largest absolute Gasteiger partial charge is 0.456 e. The zero-order chi connectivity index (χ0) is 45.7. The van der Waals surface area contributed by atoms with E-state index in [9.17, 15) is 0 Å². The van der Waals surface area contributed by atoms with E-state index in [1.807, 2.05) is 6.07 Å². The average Bonchev–Trinajstić information content (AvgIpc) is 3.96. The van der Waals surface area contributed by atoms with Gasteiger partial charge in [0.05, 0.1) is 5.69 Å². The van der Waals surface area contributed by atoms with Crippen molar-refractivity contribution in [3.05, 3.63) is 247 Å². The molecule has 2 heteroatoms. The minimum absolute atomic E-state index is 0.0869. The Morgan fingerprint density at radius 3 is 1.69 bits per heavy atom. The second kappa shape index (κ2) is 15.2. The Morgan fingerprint density at radius 1 is 0.324 bits per heavy atom. The summed E-state index contributed by atoms with van der Waals surface area (Å²) >= 11 is 0. The molecule has 68 heavy (non-hydrogen) atoms. The molecule has 1 aromatic heterocycles. The van der Waals surface area contributed by atoms with Crippen molar-refractivity contribution in [3.63, 3.8) is 0 Å². The van der Waals surface area contributed by atoms with Crippen molar-refractivity contribution in [3.8, 4) is 66.8 Å². The molecule has 0 aliphatic heterocycles. The van der Waals surface area contributed by atoms with E-state index >= 15 is 0 Å². The zero-order valence-electron chi connectivity index (χ0n) is 38.7. The van der Waals surface area contributed by atoms with Crippen molar-refractivity contribution in [1.82, 2.24) is 0 Å². The van der Waals surface area contributed by atoms with Gasteiger partial charge in [0.2, 0.25) is 0 Å². The number of rotatable bonds is 7. The summed E-state index contributed by atoms with van der Waals surface area (Å²) in [7, 11) is 0. The molecule has 0 amide bonds. The van der Waals surface area contributed by atoms with Crippen molar-refractivity contribution in [2.24, 2.45) is 0 Å². The first-order valence-corrected chi connectivity index (χ1v) is 23.8. The molecule has 0 saturated heterocycles. The summed E-state index contributed by atoms with van der Waals surface area (Å²) in [5.74, 6) is 0. The molecule has 0 spiro atoms. The van der Waals surface area contributed by atoms with E-state index in [0.29, 0.717) is 0 Å². The fourth-order valence-electron chi connectivity index (χ4n) is 11.8. The Labute approximate surface area is 398 Å². The van der Waals surface area contributed by atoms with E-state index in [4.69, 9.17) is 4.42 Å². The second-order valence-electron chi connectivity index (χ2n) is 19.6. The lowest BCUT2D eigenvalue weighted by Crippen LogP contribution is -2.16. The van der Waals surface area contributed by atoms with Gasteiger partial charge in [0, 0.05) is 44.6 Å². The highest BCUT2D eigenvalue weighted by molar-refractivity contribution is 6.07. The van der Waals surface area contributed by atoms with E-state index in [0.717, 1.165) is 50.1 Å². The summed E-state index contributed by atoms with van der Waals surface area (Å²) in [6.45, 7) is 9.45. The molecule has 0 saturated carbocycles. The van der Waals surface area contributed by atoms with Crippen LogP contribution in [0.4, 0.5) is 17.1 Å². The molecule has 11 aromatic rings. The minimum atomic E-state index is -0.163. The second-order valence-corrected chi connectivity index (χ2v) is 19.6. The van der Waals surface area contributed by atoms with Crippen LogP contribution in [0, 0.1) is 0 Å². The van der Waals surface area contributed by atoms with Gasteiger partial charge in [-0.25, -0.2) is 0 Å². The van der Waals surface area contributed by atoms with Crippen LogP contribution in [0.5, 0.6) is 0 Å². The summed E-state index contributed by atoms with van der Waals surface area (Å²) in [6, 6.07) is 82.7. The van der Waals surface area contributed by atoms with E-state index < -0.39 is 0 Å². The molecule has 2 nitrogen and oxygen atoms in total. The first-order chi connectivity index (χ1) is 33.2. The lowest BCUT2D eigenvalue weighted by atomic mass is 9.79. The quantitative estimate of drug-likeness (QED) is 0.159. The number of fused-ring (bicyclic) bond motifs is 9. The first kappa shape index (κ1) is 40.1. The monoisotopic (exact) mass is 871 g/mol. The molecular formula is C66H49NO. The molecular weight excluding hydrogens is 823 g/mol. The standard InChI is InChI=1S/C66H49NO/c1-65(2)57-27-11-9-22-52(57)56-40-46(35-38-59(56)65)49-24-16-29-60(63(49)44-33-31-43(32-34-44)42-17-6-5-7-18-42)67(48-36-37-54-53-23-10-13-30-61(53)68-62(54)41-48)47-20-14-19-45(39-47)50-25-15-26-55-51-21-8-12-28-58(51)66(3,4)64(50)55/h5-41H,1-4H3. The molecule has 1 heterocycles. The van der Waals surface area contributed by atoms with Crippen LogP contribution in [0.15, 0.2) is 229 Å². The van der Waals surface area contributed by atoms with Gasteiger partial charge < -0.3 is 9.32 Å². The highest BCUT2D eigenvalue weighted by Gasteiger charge is 2.38. The van der Waals surface area contributed by atoms with Crippen molar-refractivity contribution in [1.29, 1.82) is 0 Å². The van der Waals surface area contributed by atoms with Gasteiger partial charge in [0.25, 0.3) is 0 Å². The highest BCUT2D eigenvalue weighted by Crippen LogP contribution is 2.54. The predicted molar refractivity (Wildman–Crippen MR) is 285 cm³/mol. The Bertz CT molecular complexity index is 3790. The SMILES string of the molecule is CC1(C)c2ccccc2-c2cc(-c3cccc(N(c4cccc(-c5cccc6c5C(C)(C)c5ccccc5-6)c4)c4ccc5c(c4)oc4ccccc45)c3-c3ccc(-c4ccccc4)cc3)ccc21. The third-order valence-corrected chi connectivity index (χ3v) is 15.1. The Morgan fingerprint density at radius 2 is 0.868 bits per heavy atom. The van der Waals surface area contributed by atoms with Crippen molar-refractivity contribution < 1.29 is 4.42 Å². The normalized spacial score (nSPS) is 13.8. The topological polar surface area (TPSA) is 16.4 Å². The fraction of sp³-hybridized carbons (Fsp3) is 0.0909. The van der Waals surface area contributed by atoms with Gasteiger partial charge in [0.1, 0.15) is 11.2 Å². The van der Waals surface area contributed by atoms with Gasteiger partial charge in [-0.1, -0.05) is 204 Å². The smallest absolute Gasteiger partial charge is 0.137 e. The van der Waals surface area contributed by atoms with Crippen molar-refractivity contribution >= 4 is 39.0 Å². The Hall–Kier alpha value is -8.20. The predicted octanol–water partition coefficient (Wildman–Crippen LogP) is 18.3. The number of hydrogen-bond acceptors (Lipinski definition) is 2. The van der Waals surface area contributed by atoms with Gasteiger partial charge >= 0.3 is 0 Å². The Kier molecular flexibility index (Phi) is 8.95. The maximum absolute atomic E-state index is 6.64. The molecule has 10 aromatic carbocycles. The summed E-state index contributed by atoms with van der Waals surface area (Å²) in [5.41, 5.74) is 24.9. The lowest BCUT2D eigenvalue weighted by molar-refractivity contribution is 0.660. The minimum Gasteiger partial charge on any atom is -0.456 e. The molecule has 0 unspecified atom stereocenters. The highest BCUT2D eigenvalue weighted by atomic mass is 16.3. The molecule has 13 rings (SSSR count). The fourth-order valence-corrected chi connectivity index (χ4v) is 11.8. The first-order valence-electron chi connectivity index (χ1n) is 23.8. The van der Waals surface area contributed by atoms with Crippen LogP contribution in [0.2, 0.25) is 0 Å². The van der Waals surface area contributed by atoms with E-state index in [-0.39, 0.29) is 10.8 Å². The van der Waals surface area contributed by atoms with Crippen LogP contribution in [0.1, 0.15) is 49.9 Å². The number of hydrogen-bond donors (Lipinski definition) is 0. The molecule has 0 fully saturated rings. The lowest BCUT2D eigenvalue weighted by Gasteiger charge is -2.30. The van der Waals surface area contributed by atoms with Crippen molar-refractivity contribution in [2.45, 2.75) is 38.5 Å². The summed E-state index contributed by atoms with van der Waals surface area (Å²) in [6.07, 6.45) is 0. The van der Waals surface area contributed by atoms with Gasteiger partial charge in [-0.3, -0.25) is 0 Å². The maximum atomic E-state index is 6.64. The number of anilines is 3. The third-order valence-electron chi connectivity index (χ3n) is 15.1. The number of benzene rings is 10. The van der Waals surface area contributed by atoms with Gasteiger partial charge in [-0.2, -0.15) is 0 Å². The number of furan rings is 1. The van der Waals surface area contributed by atoms with Crippen LogP contribution in [0.3, 0.4) is 0 Å². The van der Waals surface area contributed by atoms with E-state index in [2.05, 4.69) is 251 Å². The van der Waals surface area contributed by atoms with Gasteiger partial charge in [0.15, 0.2) is 0 Å². The Balaban J connectivity index is 1.06. The average molecular weight is 872 g/mol. The molecule has 2 aliphatic carbocycles. The van der Waals surface area contributed by atoms with Crippen LogP contribution < -0.4 is 4.90 Å². The van der Waals surface area contributed by atoms with Crippen LogP contribution in [0.25, 0.3) is 88.7 Å². The summed E-state index contributed by atoms with van der Waals surface area (Å²) in [5, 5.41) is 2.22. The molecule has 2 aliphatic rings. The van der Waals surface area contributed by atoms with Crippen LogP contribution in [-0.2, 0) is 10.8 Å². The maximum Gasteiger partial charge on any atom is 0.137 e. The third kappa shape index (κ3) is 6.10. The zero-order valence-corrected chi connectivity index (χ0v) is 38.7. The number of para-hydroxylation sites is 1. The van der Waals surface area contributed by atoms with Gasteiger partial charge in [-0.15, -0.1) is 0 Å².